The number of halogens is 2. The molecule has 2 fully saturated rings. The molecule has 0 radical (unpaired) electrons. The van der Waals surface area contributed by atoms with Gasteiger partial charge in [-0.2, -0.15) is 15.5 Å². The summed E-state index contributed by atoms with van der Waals surface area (Å²) < 4.78 is 30.3. The Labute approximate surface area is 345 Å². The lowest BCUT2D eigenvalue weighted by molar-refractivity contribution is -0.134. The topological polar surface area (TPSA) is 143 Å². The SMILES string of the molecule is Cc1nn(Cc2ccc(F)cc2)c2c1CCN(C(=O)CC1CCC(C#N)CC1)C2.Cc1nn(Cc2ccc(F)cc2)c2c1CCN(C(=O)CC1CCC(C(N)=O)CC1)C2. The number of carbonyl (C=O) groups is 3. The standard InChI is InChI=1S/C23H29FN4O2.C23H27FN4O/c1-15-20-10-11-27(22(29)12-16-2-6-18(7-3-16)23(25)30)14-21(20)28(26-15)13-17-4-8-19(24)9-5-17;1-16-21-10-11-27(23(29)12-17-2-4-18(13-25)5-3-17)15-22(21)28(26-16)14-19-6-8-20(24)9-7-19/h4-5,8-9,16,18H,2-3,6-7,10-14H2,1H3,(H2,25,30);6-9,17-18H,2-5,10-12,14-15H2,1H3. The summed E-state index contributed by atoms with van der Waals surface area (Å²) in [4.78, 5) is 41.1. The van der Waals surface area contributed by atoms with Crippen LogP contribution in [0.5, 0.6) is 0 Å². The Morgan fingerprint density at radius 3 is 1.47 bits per heavy atom. The quantitative estimate of drug-likeness (QED) is 0.195. The van der Waals surface area contributed by atoms with Crippen LogP contribution in [0.3, 0.4) is 0 Å². The molecule has 4 aliphatic rings. The fourth-order valence-electron chi connectivity index (χ4n) is 9.46. The number of hydrogen-bond donors (Lipinski definition) is 1. The molecule has 2 aromatic heterocycles. The van der Waals surface area contributed by atoms with Crippen molar-refractivity contribution >= 4 is 17.7 Å². The van der Waals surface area contributed by atoms with Gasteiger partial charge in [0, 0.05) is 37.8 Å². The maximum absolute atomic E-state index is 13.2. The maximum atomic E-state index is 13.2. The Bertz CT molecular complexity index is 2160. The van der Waals surface area contributed by atoms with Crippen LogP contribution in [-0.4, -0.2) is 60.2 Å². The summed E-state index contributed by atoms with van der Waals surface area (Å²) in [7, 11) is 0. The van der Waals surface area contributed by atoms with Crippen LogP contribution in [0.2, 0.25) is 0 Å². The second-order valence-corrected chi connectivity index (χ2v) is 17.1. The van der Waals surface area contributed by atoms with Crippen LogP contribution in [0, 0.1) is 60.5 Å². The number of nitrogens with zero attached hydrogens (tertiary/aromatic N) is 7. The van der Waals surface area contributed by atoms with E-state index in [9.17, 15) is 23.2 Å². The molecule has 13 heteroatoms. The summed E-state index contributed by atoms with van der Waals surface area (Å²) in [5, 5.41) is 18.4. The van der Waals surface area contributed by atoms with Gasteiger partial charge in [0.25, 0.3) is 0 Å². The van der Waals surface area contributed by atoms with Crippen LogP contribution in [0.1, 0.15) is 109 Å². The van der Waals surface area contributed by atoms with E-state index in [2.05, 4.69) is 11.2 Å². The second kappa shape index (κ2) is 18.7. The predicted molar refractivity (Wildman–Crippen MR) is 218 cm³/mol. The summed E-state index contributed by atoms with van der Waals surface area (Å²) in [6, 6.07) is 15.3. The molecule has 4 heterocycles. The zero-order chi connectivity index (χ0) is 41.6. The van der Waals surface area contributed by atoms with E-state index in [-0.39, 0.29) is 41.2 Å². The third-order valence-corrected chi connectivity index (χ3v) is 13.1. The lowest BCUT2D eigenvalue weighted by Gasteiger charge is -2.31. The van der Waals surface area contributed by atoms with Gasteiger partial charge in [-0.15, -0.1) is 0 Å². The highest BCUT2D eigenvalue weighted by Crippen LogP contribution is 2.33. The van der Waals surface area contributed by atoms with E-state index in [1.54, 1.807) is 24.3 Å². The van der Waals surface area contributed by atoms with Crippen LogP contribution in [-0.2, 0) is 53.4 Å². The molecular weight excluding hydrogens is 751 g/mol. The Hall–Kier alpha value is -5.38. The van der Waals surface area contributed by atoms with Gasteiger partial charge < -0.3 is 15.5 Å². The Morgan fingerprint density at radius 2 is 1.08 bits per heavy atom. The van der Waals surface area contributed by atoms with Crippen molar-refractivity contribution in [2.24, 2.45) is 29.4 Å². The van der Waals surface area contributed by atoms with Gasteiger partial charge in [0.15, 0.2) is 0 Å². The largest absolute Gasteiger partial charge is 0.369 e. The first-order valence-corrected chi connectivity index (χ1v) is 21.3. The van der Waals surface area contributed by atoms with Crippen LogP contribution < -0.4 is 5.73 Å². The lowest BCUT2D eigenvalue weighted by Crippen LogP contribution is -2.38. The molecule has 8 rings (SSSR count). The highest BCUT2D eigenvalue weighted by atomic mass is 19.1. The number of hydrogen-bond acceptors (Lipinski definition) is 6. The molecule has 59 heavy (non-hydrogen) atoms. The van der Waals surface area contributed by atoms with Gasteiger partial charge >= 0.3 is 0 Å². The third-order valence-electron chi connectivity index (χ3n) is 13.1. The first-order valence-electron chi connectivity index (χ1n) is 21.3. The molecular formula is C46H56F2N8O3. The molecule has 4 aromatic rings. The molecule has 0 unspecified atom stereocenters. The van der Waals surface area contributed by atoms with Crippen molar-refractivity contribution in [3.63, 3.8) is 0 Å². The summed E-state index contributed by atoms with van der Waals surface area (Å²) in [6.45, 7) is 7.77. The zero-order valence-corrected chi connectivity index (χ0v) is 34.3. The Kier molecular flexibility index (Phi) is 13.2. The molecule has 3 amide bonds. The van der Waals surface area contributed by atoms with Crippen LogP contribution >= 0.6 is 0 Å². The molecule has 0 spiro atoms. The maximum Gasteiger partial charge on any atom is 0.223 e. The molecule has 2 aliphatic carbocycles. The number of aryl methyl sites for hydroxylation is 2. The van der Waals surface area contributed by atoms with E-state index in [4.69, 9.17) is 16.1 Å². The van der Waals surface area contributed by atoms with E-state index in [1.807, 2.05) is 33.0 Å². The van der Waals surface area contributed by atoms with Gasteiger partial charge in [-0.1, -0.05) is 24.3 Å². The molecule has 2 aromatic carbocycles. The molecule has 2 saturated carbocycles. The van der Waals surface area contributed by atoms with E-state index >= 15 is 0 Å². The number of aromatic nitrogens is 4. The minimum atomic E-state index is -0.251. The van der Waals surface area contributed by atoms with Crippen molar-refractivity contribution < 1.29 is 23.2 Å². The molecule has 0 bridgehead atoms. The highest BCUT2D eigenvalue weighted by molar-refractivity contribution is 5.78. The number of benzene rings is 2. The first-order chi connectivity index (χ1) is 28.4. The number of rotatable bonds is 9. The fourth-order valence-corrected chi connectivity index (χ4v) is 9.46. The molecule has 0 atom stereocenters. The highest BCUT2D eigenvalue weighted by Gasteiger charge is 2.32. The van der Waals surface area contributed by atoms with Crippen molar-refractivity contribution in [1.29, 1.82) is 5.26 Å². The van der Waals surface area contributed by atoms with Crippen molar-refractivity contribution in [1.82, 2.24) is 29.4 Å². The second-order valence-electron chi connectivity index (χ2n) is 17.1. The van der Waals surface area contributed by atoms with Crippen LogP contribution in [0.15, 0.2) is 48.5 Å². The Balaban J connectivity index is 0.000000179. The number of nitrogens with two attached hydrogens (primary N) is 1. The Morgan fingerprint density at radius 1 is 0.678 bits per heavy atom. The minimum Gasteiger partial charge on any atom is -0.369 e. The van der Waals surface area contributed by atoms with Crippen molar-refractivity contribution in [3.05, 3.63) is 105 Å². The average Bonchev–Trinajstić information content (AvgIpc) is 3.73. The number of amides is 3. The average molecular weight is 807 g/mol. The molecule has 0 saturated heterocycles. The van der Waals surface area contributed by atoms with E-state index in [0.29, 0.717) is 57.4 Å². The number of fused-ring (bicyclic) bond motifs is 2. The zero-order valence-electron chi connectivity index (χ0n) is 34.3. The summed E-state index contributed by atoms with van der Waals surface area (Å²) in [5.74, 6) is 0.555. The van der Waals surface area contributed by atoms with Gasteiger partial charge in [0.1, 0.15) is 11.6 Å². The predicted octanol–water partition coefficient (Wildman–Crippen LogP) is 6.93. The van der Waals surface area contributed by atoms with E-state index < -0.39 is 0 Å². The smallest absolute Gasteiger partial charge is 0.223 e. The van der Waals surface area contributed by atoms with E-state index in [1.165, 1.54) is 35.4 Å². The van der Waals surface area contributed by atoms with Crippen molar-refractivity contribution in [3.8, 4) is 6.07 Å². The van der Waals surface area contributed by atoms with Gasteiger partial charge in [-0.25, -0.2) is 8.78 Å². The number of carbonyl (C=O) groups excluding carboxylic acids is 3. The van der Waals surface area contributed by atoms with Gasteiger partial charge in [0.05, 0.1) is 55.0 Å². The van der Waals surface area contributed by atoms with Crippen molar-refractivity contribution in [2.75, 3.05) is 13.1 Å². The van der Waals surface area contributed by atoms with Crippen LogP contribution in [0.25, 0.3) is 0 Å². The number of nitriles is 1. The van der Waals surface area contributed by atoms with Crippen molar-refractivity contribution in [2.45, 2.75) is 117 Å². The molecule has 312 valence electrons. The minimum absolute atomic E-state index is 0.0299. The van der Waals surface area contributed by atoms with Gasteiger partial charge in [-0.05, 0) is 136 Å². The van der Waals surface area contributed by atoms with Crippen LogP contribution in [0.4, 0.5) is 8.78 Å². The summed E-state index contributed by atoms with van der Waals surface area (Å²) >= 11 is 0. The molecule has 2 N–H and O–H groups in total. The third kappa shape index (κ3) is 10.3. The fraction of sp³-hybridized carbons (Fsp3) is 0.522. The van der Waals surface area contributed by atoms with Gasteiger partial charge in [-0.3, -0.25) is 23.7 Å². The summed E-state index contributed by atoms with van der Waals surface area (Å²) in [5.41, 5.74) is 14.1. The molecule has 2 aliphatic heterocycles. The number of primary amides is 1. The van der Waals surface area contributed by atoms with E-state index in [0.717, 1.165) is 105 Å². The monoisotopic (exact) mass is 806 g/mol. The molecule has 11 nitrogen and oxygen atoms in total. The summed E-state index contributed by atoms with van der Waals surface area (Å²) in [6.07, 6.45) is 9.91. The normalized spacial score (nSPS) is 21.4. The lowest BCUT2D eigenvalue weighted by atomic mass is 9.80. The first kappa shape index (κ1) is 41.8. The van der Waals surface area contributed by atoms with Gasteiger partial charge in [0.2, 0.25) is 17.7 Å².